The Morgan fingerprint density at radius 1 is 1.06 bits per heavy atom. The molecule has 0 atom stereocenters. The molecule has 9 heteroatoms. The largest absolute Gasteiger partial charge is 0.451 e. The number of nitrogens with zero attached hydrogens (tertiary/aromatic N) is 2. The molecular formula is C26H28N4O5. The fraction of sp³-hybridized carbons (Fsp3) is 0.346. The highest BCUT2D eigenvalue weighted by molar-refractivity contribution is 6.03. The fourth-order valence-corrected chi connectivity index (χ4v) is 3.68. The van der Waals surface area contributed by atoms with Crippen LogP contribution >= 0.6 is 0 Å². The van der Waals surface area contributed by atoms with E-state index in [4.69, 9.17) is 4.74 Å². The van der Waals surface area contributed by atoms with E-state index < -0.39 is 18.5 Å². The number of aromatic nitrogens is 2. The summed E-state index contributed by atoms with van der Waals surface area (Å²) >= 11 is 0. The lowest BCUT2D eigenvalue weighted by Crippen LogP contribution is -2.28. The van der Waals surface area contributed by atoms with E-state index in [2.05, 4.69) is 22.7 Å². The molecule has 2 aromatic carbocycles. The first-order chi connectivity index (χ1) is 17.0. The molecule has 1 aliphatic carbocycles. The minimum atomic E-state index is -0.793. The highest BCUT2D eigenvalue weighted by Gasteiger charge is 2.24. The first kappa shape index (κ1) is 24.1. The van der Waals surface area contributed by atoms with Crippen LogP contribution in [-0.4, -0.2) is 40.2 Å². The number of benzene rings is 2. The summed E-state index contributed by atoms with van der Waals surface area (Å²) in [5.41, 5.74) is 0.579. The summed E-state index contributed by atoms with van der Waals surface area (Å²) in [6.07, 6.45) is 4.64. The number of carbonyl (C=O) groups excluding carboxylic acids is 3. The second-order valence-corrected chi connectivity index (χ2v) is 8.58. The second-order valence-electron chi connectivity index (χ2n) is 8.58. The van der Waals surface area contributed by atoms with Gasteiger partial charge in [0.05, 0.1) is 5.39 Å². The van der Waals surface area contributed by atoms with Crippen LogP contribution < -0.4 is 16.2 Å². The van der Waals surface area contributed by atoms with Crippen molar-refractivity contribution in [3.63, 3.8) is 0 Å². The predicted octanol–water partition coefficient (Wildman–Crippen LogP) is 3.27. The zero-order valence-corrected chi connectivity index (χ0v) is 19.6. The molecule has 0 bridgehead atoms. The van der Waals surface area contributed by atoms with Gasteiger partial charge in [-0.3, -0.25) is 14.4 Å². The number of hydrogen-bond donors (Lipinski definition) is 2. The Morgan fingerprint density at radius 3 is 2.57 bits per heavy atom. The summed E-state index contributed by atoms with van der Waals surface area (Å²) in [5, 5.41) is 10.5. The Labute approximate surface area is 202 Å². The molecule has 0 saturated heterocycles. The van der Waals surface area contributed by atoms with Gasteiger partial charge in [-0.05, 0) is 43.5 Å². The van der Waals surface area contributed by atoms with Crippen molar-refractivity contribution in [3.8, 4) is 0 Å². The molecule has 4 rings (SSSR count). The number of esters is 1. The number of rotatable bonds is 10. The molecule has 2 N–H and O–H groups in total. The SMILES string of the molecule is CCCCCn1nc(C(=O)OCC(=O)Nc2cccc(C(=O)NC3CC3)c2)c2ccccc2c1=O. The van der Waals surface area contributed by atoms with Crippen molar-refractivity contribution in [2.24, 2.45) is 0 Å². The Balaban J connectivity index is 1.43. The third kappa shape index (κ3) is 6.11. The van der Waals surface area contributed by atoms with E-state index in [1.165, 1.54) is 4.68 Å². The van der Waals surface area contributed by atoms with Crippen LogP contribution in [0, 0.1) is 0 Å². The van der Waals surface area contributed by atoms with Gasteiger partial charge in [0.25, 0.3) is 17.4 Å². The van der Waals surface area contributed by atoms with Gasteiger partial charge in [-0.1, -0.05) is 44.0 Å². The van der Waals surface area contributed by atoms with E-state index in [-0.39, 0.29) is 23.2 Å². The molecule has 0 unspecified atom stereocenters. The predicted molar refractivity (Wildman–Crippen MR) is 131 cm³/mol. The van der Waals surface area contributed by atoms with Gasteiger partial charge in [-0.25, -0.2) is 9.48 Å². The highest BCUT2D eigenvalue weighted by Crippen LogP contribution is 2.20. The summed E-state index contributed by atoms with van der Waals surface area (Å²) in [6.45, 7) is 1.91. The number of amides is 2. The second kappa shape index (κ2) is 10.9. The highest BCUT2D eigenvalue weighted by atomic mass is 16.5. The van der Waals surface area contributed by atoms with Gasteiger partial charge in [0.15, 0.2) is 12.3 Å². The Bertz CT molecular complexity index is 1310. The minimum absolute atomic E-state index is 0.0109. The van der Waals surface area contributed by atoms with Gasteiger partial charge in [0, 0.05) is 29.2 Å². The van der Waals surface area contributed by atoms with Gasteiger partial charge in [-0.15, -0.1) is 0 Å². The van der Waals surface area contributed by atoms with Gasteiger partial charge >= 0.3 is 5.97 Å². The van der Waals surface area contributed by atoms with E-state index in [0.29, 0.717) is 28.6 Å². The number of carbonyl (C=O) groups is 3. The molecule has 35 heavy (non-hydrogen) atoms. The molecule has 0 spiro atoms. The van der Waals surface area contributed by atoms with Crippen LogP contribution in [0.2, 0.25) is 0 Å². The zero-order valence-electron chi connectivity index (χ0n) is 19.6. The molecule has 1 heterocycles. The molecule has 0 radical (unpaired) electrons. The standard InChI is InChI=1S/C26H28N4O5/c1-2-3-6-14-30-25(33)21-11-5-4-10-20(21)23(29-30)26(34)35-16-22(31)27-19-9-7-8-17(15-19)24(32)28-18-12-13-18/h4-5,7-11,15,18H,2-3,6,12-14,16H2,1H3,(H,27,31)(H,28,32). The molecule has 1 fully saturated rings. The maximum absolute atomic E-state index is 12.8. The van der Waals surface area contributed by atoms with Crippen LogP contribution in [0.3, 0.4) is 0 Å². The molecule has 2 amide bonds. The Morgan fingerprint density at radius 2 is 1.83 bits per heavy atom. The molecule has 182 valence electrons. The average Bonchev–Trinajstić information content (AvgIpc) is 3.68. The van der Waals surface area contributed by atoms with Crippen molar-refractivity contribution in [3.05, 3.63) is 70.1 Å². The Kier molecular flexibility index (Phi) is 7.54. The number of aryl methyl sites for hydroxylation is 1. The number of fused-ring (bicyclic) bond motifs is 1. The van der Waals surface area contributed by atoms with Crippen molar-refractivity contribution < 1.29 is 19.1 Å². The van der Waals surface area contributed by atoms with Crippen LogP contribution in [0.1, 0.15) is 59.9 Å². The van der Waals surface area contributed by atoms with E-state index in [0.717, 1.165) is 32.1 Å². The van der Waals surface area contributed by atoms with Gasteiger partial charge < -0.3 is 15.4 Å². The van der Waals surface area contributed by atoms with Crippen molar-refractivity contribution in [1.82, 2.24) is 15.1 Å². The van der Waals surface area contributed by atoms with Crippen molar-refractivity contribution in [2.45, 2.75) is 51.6 Å². The Hall–Kier alpha value is -4.01. The third-order valence-corrected chi connectivity index (χ3v) is 5.69. The van der Waals surface area contributed by atoms with E-state index in [1.807, 2.05) is 0 Å². The molecule has 3 aromatic rings. The smallest absolute Gasteiger partial charge is 0.359 e. The monoisotopic (exact) mass is 476 g/mol. The molecule has 1 aromatic heterocycles. The maximum atomic E-state index is 12.8. The summed E-state index contributed by atoms with van der Waals surface area (Å²) in [6, 6.07) is 13.5. The van der Waals surface area contributed by atoms with E-state index in [9.17, 15) is 19.2 Å². The first-order valence-electron chi connectivity index (χ1n) is 11.8. The summed E-state index contributed by atoms with van der Waals surface area (Å²) in [4.78, 5) is 50.2. The zero-order chi connectivity index (χ0) is 24.8. The number of hydrogen-bond acceptors (Lipinski definition) is 6. The van der Waals surface area contributed by atoms with Crippen LogP contribution in [-0.2, 0) is 16.1 Å². The lowest BCUT2D eigenvalue weighted by molar-refractivity contribution is -0.119. The summed E-state index contributed by atoms with van der Waals surface area (Å²) < 4.78 is 6.51. The summed E-state index contributed by atoms with van der Waals surface area (Å²) in [5.74, 6) is -1.54. The molecular weight excluding hydrogens is 448 g/mol. The number of nitrogens with one attached hydrogen (secondary N) is 2. The first-order valence-corrected chi connectivity index (χ1v) is 11.8. The van der Waals surface area contributed by atoms with Gasteiger partial charge in [0.2, 0.25) is 0 Å². The number of unbranched alkanes of at least 4 members (excludes halogenated alkanes) is 2. The minimum Gasteiger partial charge on any atom is -0.451 e. The molecule has 9 nitrogen and oxygen atoms in total. The fourth-order valence-electron chi connectivity index (χ4n) is 3.68. The van der Waals surface area contributed by atoms with Gasteiger partial charge in [-0.2, -0.15) is 5.10 Å². The van der Waals surface area contributed by atoms with E-state index in [1.54, 1.807) is 48.5 Å². The quantitative estimate of drug-likeness (QED) is 0.342. The van der Waals surface area contributed by atoms with Crippen molar-refractivity contribution >= 4 is 34.2 Å². The lowest BCUT2D eigenvalue weighted by atomic mass is 10.1. The third-order valence-electron chi connectivity index (χ3n) is 5.69. The van der Waals surface area contributed by atoms with Crippen LogP contribution in [0.5, 0.6) is 0 Å². The van der Waals surface area contributed by atoms with Crippen LogP contribution in [0.15, 0.2) is 53.3 Å². The normalized spacial score (nSPS) is 12.8. The van der Waals surface area contributed by atoms with E-state index >= 15 is 0 Å². The summed E-state index contributed by atoms with van der Waals surface area (Å²) in [7, 11) is 0. The molecule has 1 saturated carbocycles. The maximum Gasteiger partial charge on any atom is 0.359 e. The molecule has 0 aliphatic heterocycles. The number of ether oxygens (including phenoxy) is 1. The van der Waals surface area contributed by atoms with Crippen molar-refractivity contribution in [1.29, 1.82) is 0 Å². The average molecular weight is 477 g/mol. The van der Waals surface area contributed by atoms with Crippen molar-refractivity contribution in [2.75, 3.05) is 11.9 Å². The van der Waals surface area contributed by atoms with Crippen LogP contribution in [0.25, 0.3) is 10.8 Å². The lowest BCUT2D eigenvalue weighted by Gasteiger charge is -2.11. The number of anilines is 1. The van der Waals surface area contributed by atoms with Gasteiger partial charge in [0.1, 0.15) is 0 Å². The molecule has 1 aliphatic rings. The topological polar surface area (TPSA) is 119 Å². The van der Waals surface area contributed by atoms with Crippen LogP contribution in [0.4, 0.5) is 5.69 Å².